The number of pyridine rings is 1. The Morgan fingerprint density at radius 1 is 1.29 bits per heavy atom. The summed E-state index contributed by atoms with van der Waals surface area (Å²) in [4.78, 5) is 4.14. The van der Waals surface area contributed by atoms with Gasteiger partial charge in [0, 0.05) is 11.8 Å². The Morgan fingerprint density at radius 2 is 2.19 bits per heavy atom. The molecule has 108 valence electrons. The Hall–Kier alpha value is -2.56. The zero-order valence-corrected chi connectivity index (χ0v) is 11.7. The van der Waals surface area contributed by atoms with E-state index in [0.717, 1.165) is 41.0 Å². The Kier molecular flexibility index (Phi) is 3.73. The third-order valence-electron chi connectivity index (χ3n) is 3.58. The number of aryl methyl sites for hydroxylation is 1. The summed E-state index contributed by atoms with van der Waals surface area (Å²) in [5, 5.41) is 12.3. The minimum Gasteiger partial charge on any atom is -0.489 e. The molecule has 0 bridgehead atoms. The fraction of sp³-hybridized carbons (Fsp3) is 0.250. The van der Waals surface area contributed by atoms with Crippen LogP contribution in [0.3, 0.4) is 0 Å². The van der Waals surface area contributed by atoms with Gasteiger partial charge in [0.1, 0.15) is 12.4 Å². The largest absolute Gasteiger partial charge is 0.489 e. The van der Waals surface area contributed by atoms with E-state index in [0.29, 0.717) is 12.5 Å². The Morgan fingerprint density at radius 3 is 3.00 bits per heavy atom. The van der Waals surface area contributed by atoms with Crippen molar-refractivity contribution < 1.29 is 14.7 Å². The number of hydrogen-bond acceptors (Lipinski definition) is 5. The number of aromatic nitrogens is 1. The summed E-state index contributed by atoms with van der Waals surface area (Å²) in [6.07, 6.45) is 3.33. The van der Waals surface area contributed by atoms with E-state index in [1.807, 2.05) is 30.3 Å². The molecule has 0 fully saturated rings. The number of oxime groups is 1. The monoisotopic (exact) mass is 284 g/mol. The number of fused-ring (bicyclic) bond motifs is 1. The molecule has 21 heavy (non-hydrogen) atoms. The maximum absolute atomic E-state index is 8.93. The summed E-state index contributed by atoms with van der Waals surface area (Å²) < 4.78 is 11.0. The number of hydrogen-bond donors (Lipinski definition) is 1. The van der Waals surface area contributed by atoms with E-state index in [2.05, 4.69) is 10.1 Å². The predicted molar refractivity (Wildman–Crippen MR) is 78.2 cm³/mol. The molecule has 0 saturated heterocycles. The van der Waals surface area contributed by atoms with E-state index < -0.39 is 0 Å². The predicted octanol–water partition coefficient (Wildman–Crippen LogP) is 2.79. The van der Waals surface area contributed by atoms with Crippen LogP contribution in [0.15, 0.2) is 41.7 Å². The lowest BCUT2D eigenvalue weighted by Gasteiger charge is -2.10. The second kappa shape index (κ2) is 5.83. The first kappa shape index (κ1) is 13.4. The van der Waals surface area contributed by atoms with E-state index >= 15 is 0 Å². The highest BCUT2D eigenvalue weighted by atomic mass is 16.5. The first-order valence-electron chi connectivity index (χ1n) is 6.76. The van der Waals surface area contributed by atoms with E-state index in [9.17, 15) is 0 Å². The molecule has 0 atom stereocenters. The van der Waals surface area contributed by atoms with Crippen molar-refractivity contribution in [3.8, 4) is 11.6 Å². The second-order valence-electron chi connectivity index (χ2n) is 4.83. The molecule has 0 spiro atoms. The van der Waals surface area contributed by atoms with E-state index in [1.165, 1.54) is 0 Å². The SMILES string of the molecule is COc1ncccc1COc1ccc2c(c1)CC/C2=N\O. The second-order valence-corrected chi connectivity index (χ2v) is 4.83. The van der Waals surface area contributed by atoms with E-state index in [1.54, 1.807) is 13.3 Å². The molecule has 1 aliphatic carbocycles. The topological polar surface area (TPSA) is 63.9 Å². The molecule has 0 radical (unpaired) electrons. The van der Waals surface area contributed by atoms with Crippen LogP contribution in [0.2, 0.25) is 0 Å². The minimum absolute atomic E-state index is 0.400. The lowest BCUT2D eigenvalue weighted by atomic mass is 10.1. The maximum Gasteiger partial charge on any atom is 0.219 e. The molecular formula is C16H16N2O3. The molecule has 0 amide bonds. The summed E-state index contributed by atoms with van der Waals surface area (Å²) in [5.41, 5.74) is 3.80. The van der Waals surface area contributed by atoms with Gasteiger partial charge in [-0.2, -0.15) is 0 Å². The zero-order chi connectivity index (χ0) is 14.7. The molecule has 5 heteroatoms. The average molecular weight is 284 g/mol. The van der Waals surface area contributed by atoms with Gasteiger partial charge in [0.25, 0.3) is 0 Å². The number of rotatable bonds is 4. The molecule has 1 heterocycles. The van der Waals surface area contributed by atoms with Gasteiger partial charge < -0.3 is 14.7 Å². The van der Waals surface area contributed by atoms with Crippen LogP contribution in [0, 0.1) is 0 Å². The van der Waals surface area contributed by atoms with Crippen molar-refractivity contribution in [2.24, 2.45) is 5.16 Å². The molecule has 0 aliphatic heterocycles. The highest BCUT2D eigenvalue weighted by molar-refractivity contribution is 6.04. The molecule has 2 aromatic rings. The first-order chi connectivity index (χ1) is 10.3. The molecule has 1 aromatic heterocycles. The fourth-order valence-corrected chi connectivity index (χ4v) is 2.52. The molecule has 1 aliphatic rings. The van der Waals surface area contributed by atoms with Crippen molar-refractivity contribution in [3.63, 3.8) is 0 Å². The normalized spacial score (nSPS) is 15.0. The van der Waals surface area contributed by atoms with Gasteiger partial charge in [0.05, 0.1) is 18.4 Å². The fourth-order valence-electron chi connectivity index (χ4n) is 2.52. The van der Waals surface area contributed by atoms with Crippen LogP contribution in [0.1, 0.15) is 23.1 Å². The minimum atomic E-state index is 0.400. The number of nitrogens with zero attached hydrogens (tertiary/aromatic N) is 2. The van der Waals surface area contributed by atoms with Crippen LogP contribution < -0.4 is 9.47 Å². The van der Waals surface area contributed by atoms with Crippen molar-refractivity contribution >= 4 is 5.71 Å². The molecule has 5 nitrogen and oxygen atoms in total. The molecule has 0 saturated carbocycles. The van der Waals surface area contributed by atoms with Gasteiger partial charge in [0.2, 0.25) is 5.88 Å². The quantitative estimate of drug-likeness (QED) is 0.692. The van der Waals surface area contributed by atoms with Gasteiger partial charge in [-0.15, -0.1) is 0 Å². The van der Waals surface area contributed by atoms with Crippen molar-refractivity contribution in [3.05, 3.63) is 53.2 Å². The van der Waals surface area contributed by atoms with Gasteiger partial charge in [-0.1, -0.05) is 5.16 Å². The maximum atomic E-state index is 8.93. The van der Waals surface area contributed by atoms with Gasteiger partial charge in [0.15, 0.2) is 0 Å². The van der Waals surface area contributed by atoms with Crippen molar-refractivity contribution in [2.75, 3.05) is 7.11 Å². The third kappa shape index (κ3) is 2.67. The lowest BCUT2D eigenvalue weighted by Crippen LogP contribution is -2.01. The van der Waals surface area contributed by atoms with Crippen LogP contribution in [0.4, 0.5) is 0 Å². The van der Waals surface area contributed by atoms with Gasteiger partial charge in [-0.05, 0) is 48.7 Å². The zero-order valence-electron chi connectivity index (χ0n) is 11.7. The van der Waals surface area contributed by atoms with Crippen molar-refractivity contribution in [1.29, 1.82) is 0 Å². The molecule has 3 rings (SSSR count). The van der Waals surface area contributed by atoms with Gasteiger partial charge in [-0.25, -0.2) is 4.98 Å². The van der Waals surface area contributed by atoms with E-state index in [-0.39, 0.29) is 0 Å². The summed E-state index contributed by atoms with van der Waals surface area (Å²) in [6.45, 7) is 0.400. The van der Waals surface area contributed by atoms with E-state index in [4.69, 9.17) is 14.7 Å². The lowest BCUT2D eigenvalue weighted by molar-refractivity contribution is 0.293. The highest BCUT2D eigenvalue weighted by Gasteiger charge is 2.18. The van der Waals surface area contributed by atoms with Crippen LogP contribution >= 0.6 is 0 Å². The molecule has 1 aromatic carbocycles. The Bertz CT molecular complexity index is 683. The van der Waals surface area contributed by atoms with Crippen molar-refractivity contribution in [2.45, 2.75) is 19.4 Å². The number of methoxy groups -OCH3 is 1. The highest BCUT2D eigenvalue weighted by Crippen LogP contribution is 2.27. The third-order valence-corrected chi connectivity index (χ3v) is 3.58. The first-order valence-corrected chi connectivity index (χ1v) is 6.76. The Balaban J connectivity index is 1.75. The average Bonchev–Trinajstić information content (AvgIpc) is 2.95. The summed E-state index contributed by atoms with van der Waals surface area (Å²) in [6, 6.07) is 9.60. The van der Waals surface area contributed by atoms with Gasteiger partial charge >= 0.3 is 0 Å². The Labute approximate surface area is 122 Å². The summed E-state index contributed by atoms with van der Waals surface area (Å²) in [5.74, 6) is 1.37. The number of ether oxygens (including phenoxy) is 2. The van der Waals surface area contributed by atoms with Crippen LogP contribution in [-0.2, 0) is 13.0 Å². The number of benzene rings is 1. The molecule has 0 unspecified atom stereocenters. The van der Waals surface area contributed by atoms with Gasteiger partial charge in [-0.3, -0.25) is 0 Å². The standard InChI is InChI=1S/C16H16N2O3/c1-20-16-12(3-2-8-17-16)10-21-13-5-6-14-11(9-13)4-7-15(14)18-19/h2-3,5-6,8-9,19H,4,7,10H2,1H3/b18-15+. The molecule has 1 N–H and O–H groups in total. The van der Waals surface area contributed by atoms with Crippen LogP contribution in [0.5, 0.6) is 11.6 Å². The van der Waals surface area contributed by atoms with Crippen LogP contribution in [0.25, 0.3) is 0 Å². The summed E-state index contributed by atoms with van der Waals surface area (Å²) in [7, 11) is 1.59. The van der Waals surface area contributed by atoms with Crippen LogP contribution in [-0.4, -0.2) is 23.0 Å². The molecular weight excluding hydrogens is 268 g/mol. The van der Waals surface area contributed by atoms with Crippen molar-refractivity contribution in [1.82, 2.24) is 4.98 Å². The smallest absolute Gasteiger partial charge is 0.219 e. The summed E-state index contributed by atoms with van der Waals surface area (Å²) >= 11 is 0.